The Hall–Kier alpha value is -1.32. The van der Waals surface area contributed by atoms with E-state index in [-0.39, 0.29) is 12.5 Å². The number of amides is 1. The maximum atomic E-state index is 11.7. The molecule has 1 fully saturated rings. The van der Waals surface area contributed by atoms with Gasteiger partial charge >= 0.3 is 5.97 Å². The van der Waals surface area contributed by atoms with E-state index in [4.69, 9.17) is 5.11 Å². The topological polar surface area (TPSA) is 66.4 Å². The van der Waals surface area contributed by atoms with E-state index in [1.54, 1.807) is 0 Å². The van der Waals surface area contributed by atoms with E-state index in [0.29, 0.717) is 25.2 Å². The molecule has 4 heteroatoms. The van der Waals surface area contributed by atoms with Gasteiger partial charge in [0.25, 0.3) is 0 Å². The molecule has 1 atom stereocenters. The number of carbonyl (C=O) groups excluding carboxylic acids is 1. The maximum Gasteiger partial charge on any atom is 0.311 e. The van der Waals surface area contributed by atoms with Crippen LogP contribution in [0.5, 0.6) is 0 Å². The van der Waals surface area contributed by atoms with E-state index < -0.39 is 11.4 Å². The molecule has 2 aliphatic carbocycles. The third-order valence-corrected chi connectivity index (χ3v) is 3.73. The van der Waals surface area contributed by atoms with Crippen molar-refractivity contribution in [1.82, 2.24) is 5.32 Å². The van der Waals surface area contributed by atoms with E-state index in [2.05, 4.69) is 17.5 Å². The minimum Gasteiger partial charge on any atom is -0.481 e. The molecular weight excluding hydrogens is 218 g/mol. The fraction of sp³-hybridized carbons (Fsp3) is 0.692. The van der Waals surface area contributed by atoms with Crippen molar-refractivity contribution < 1.29 is 14.7 Å². The molecule has 1 amide bonds. The van der Waals surface area contributed by atoms with Crippen LogP contribution < -0.4 is 5.32 Å². The number of carbonyl (C=O) groups is 2. The molecule has 0 heterocycles. The molecular formula is C13H19NO3. The Kier molecular flexibility index (Phi) is 3.50. The van der Waals surface area contributed by atoms with Crippen LogP contribution in [0.25, 0.3) is 0 Å². The van der Waals surface area contributed by atoms with Crippen LogP contribution >= 0.6 is 0 Å². The molecule has 0 aromatic rings. The second-order valence-electron chi connectivity index (χ2n) is 5.19. The lowest BCUT2D eigenvalue weighted by Gasteiger charge is -2.17. The van der Waals surface area contributed by atoms with Crippen molar-refractivity contribution in [2.45, 2.75) is 38.5 Å². The van der Waals surface area contributed by atoms with Crippen molar-refractivity contribution in [3.05, 3.63) is 12.2 Å². The summed E-state index contributed by atoms with van der Waals surface area (Å²) in [5, 5.41) is 11.7. The highest BCUT2D eigenvalue weighted by Crippen LogP contribution is 2.45. The molecule has 2 rings (SSSR count). The Morgan fingerprint density at radius 3 is 2.71 bits per heavy atom. The summed E-state index contributed by atoms with van der Waals surface area (Å²) in [7, 11) is 0. The number of hydrogen-bond donors (Lipinski definition) is 2. The second kappa shape index (κ2) is 4.90. The Morgan fingerprint density at radius 2 is 2.18 bits per heavy atom. The van der Waals surface area contributed by atoms with Crippen LogP contribution in [0.15, 0.2) is 12.2 Å². The lowest BCUT2D eigenvalue weighted by molar-refractivity contribution is -0.143. The Balaban J connectivity index is 1.72. The van der Waals surface area contributed by atoms with Gasteiger partial charge in [0.15, 0.2) is 0 Å². The minimum absolute atomic E-state index is 0.0194. The average molecular weight is 237 g/mol. The van der Waals surface area contributed by atoms with E-state index >= 15 is 0 Å². The van der Waals surface area contributed by atoms with Crippen molar-refractivity contribution in [3.8, 4) is 0 Å². The van der Waals surface area contributed by atoms with Crippen LogP contribution in [0.4, 0.5) is 0 Å². The van der Waals surface area contributed by atoms with Crippen molar-refractivity contribution in [2.24, 2.45) is 11.3 Å². The first kappa shape index (κ1) is 12.1. The van der Waals surface area contributed by atoms with E-state index in [9.17, 15) is 9.59 Å². The number of hydrogen-bond acceptors (Lipinski definition) is 2. The molecule has 2 N–H and O–H groups in total. The van der Waals surface area contributed by atoms with Gasteiger partial charge < -0.3 is 10.4 Å². The average Bonchev–Trinajstić information content (AvgIpc) is 3.09. The van der Waals surface area contributed by atoms with Gasteiger partial charge in [-0.15, -0.1) is 0 Å². The normalized spacial score (nSPS) is 25.3. The Morgan fingerprint density at radius 1 is 1.41 bits per heavy atom. The van der Waals surface area contributed by atoms with Crippen molar-refractivity contribution >= 4 is 11.9 Å². The summed E-state index contributed by atoms with van der Waals surface area (Å²) in [6.07, 6.45) is 9.42. The maximum absolute atomic E-state index is 11.7. The van der Waals surface area contributed by atoms with Gasteiger partial charge in [-0.05, 0) is 38.0 Å². The standard InChI is InChI=1S/C13H19NO3/c15-11(8-10-4-2-1-3-5-10)14-9-13(6-7-13)12(16)17/h2,4,10H,1,3,5-9H2,(H,14,15)(H,16,17). The van der Waals surface area contributed by atoms with Crippen LogP contribution in [-0.4, -0.2) is 23.5 Å². The summed E-state index contributed by atoms with van der Waals surface area (Å²) < 4.78 is 0. The molecule has 2 aliphatic rings. The summed E-state index contributed by atoms with van der Waals surface area (Å²) in [4.78, 5) is 22.6. The number of aliphatic carboxylic acids is 1. The zero-order chi connectivity index (χ0) is 12.3. The molecule has 4 nitrogen and oxygen atoms in total. The molecule has 0 aromatic carbocycles. The number of nitrogens with one attached hydrogen (secondary N) is 1. The van der Waals surface area contributed by atoms with Gasteiger partial charge in [-0.1, -0.05) is 12.2 Å². The molecule has 0 aliphatic heterocycles. The highest BCUT2D eigenvalue weighted by Gasteiger charge is 2.50. The van der Waals surface area contributed by atoms with Gasteiger partial charge in [-0.25, -0.2) is 0 Å². The molecule has 17 heavy (non-hydrogen) atoms. The SMILES string of the molecule is O=C(CC1C=CCCC1)NCC1(C(=O)O)CC1. The molecule has 0 spiro atoms. The number of carboxylic acids is 1. The fourth-order valence-electron chi connectivity index (χ4n) is 2.25. The molecule has 94 valence electrons. The lowest BCUT2D eigenvalue weighted by atomic mass is 9.93. The van der Waals surface area contributed by atoms with Crippen LogP contribution in [0.2, 0.25) is 0 Å². The first-order chi connectivity index (χ1) is 8.12. The summed E-state index contributed by atoms with van der Waals surface area (Å²) >= 11 is 0. The van der Waals surface area contributed by atoms with E-state index in [1.165, 1.54) is 0 Å². The Bertz CT molecular complexity index is 345. The monoisotopic (exact) mass is 237 g/mol. The molecule has 0 aromatic heterocycles. The predicted octanol–water partition coefficient (Wildman–Crippen LogP) is 1.71. The fourth-order valence-corrected chi connectivity index (χ4v) is 2.25. The predicted molar refractivity (Wildman–Crippen MR) is 63.4 cm³/mol. The second-order valence-corrected chi connectivity index (χ2v) is 5.19. The van der Waals surface area contributed by atoms with Gasteiger partial charge in [0.2, 0.25) is 5.91 Å². The van der Waals surface area contributed by atoms with Crippen LogP contribution in [0, 0.1) is 11.3 Å². The first-order valence-corrected chi connectivity index (χ1v) is 6.29. The first-order valence-electron chi connectivity index (χ1n) is 6.29. The quantitative estimate of drug-likeness (QED) is 0.715. The van der Waals surface area contributed by atoms with Crippen molar-refractivity contribution in [1.29, 1.82) is 0 Å². The van der Waals surface area contributed by atoms with Gasteiger partial charge in [0.1, 0.15) is 0 Å². The third-order valence-electron chi connectivity index (χ3n) is 3.73. The van der Waals surface area contributed by atoms with E-state index in [1.807, 2.05) is 0 Å². The smallest absolute Gasteiger partial charge is 0.311 e. The van der Waals surface area contributed by atoms with E-state index in [0.717, 1.165) is 19.3 Å². The highest BCUT2D eigenvalue weighted by molar-refractivity contribution is 5.81. The number of allylic oxidation sites excluding steroid dienone is 2. The van der Waals surface area contributed by atoms with Gasteiger partial charge in [-0.3, -0.25) is 9.59 Å². The molecule has 0 saturated heterocycles. The summed E-state index contributed by atoms with van der Waals surface area (Å²) in [6, 6.07) is 0. The zero-order valence-corrected chi connectivity index (χ0v) is 9.95. The van der Waals surface area contributed by atoms with Crippen molar-refractivity contribution in [3.63, 3.8) is 0 Å². The van der Waals surface area contributed by atoms with Gasteiger partial charge in [0.05, 0.1) is 5.41 Å². The molecule has 0 radical (unpaired) electrons. The van der Waals surface area contributed by atoms with Crippen molar-refractivity contribution in [2.75, 3.05) is 6.54 Å². The zero-order valence-electron chi connectivity index (χ0n) is 9.95. The third kappa shape index (κ3) is 3.08. The molecule has 1 unspecified atom stereocenters. The molecule has 0 bridgehead atoms. The lowest BCUT2D eigenvalue weighted by Crippen LogP contribution is -2.35. The van der Waals surface area contributed by atoms with Crippen LogP contribution in [0.1, 0.15) is 38.5 Å². The number of rotatable bonds is 5. The summed E-state index contributed by atoms with van der Waals surface area (Å²) in [5.41, 5.74) is -0.655. The Labute approximate surface area is 101 Å². The minimum atomic E-state index is -0.782. The largest absolute Gasteiger partial charge is 0.481 e. The summed E-state index contributed by atoms with van der Waals surface area (Å²) in [5.74, 6) is -0.465. The van der Waals surface area contributed by atoms with Gasteiger partial charge in [-0.2, -0.15) is 0 Å². The van der Waals surface area contributed by atoms with Gasteiger partial charge in [0, 0.05) is 13.0 Å². The van der Waals surface area contributed by atoms with Crippen LogP contribution in [-0.2, 0) is 9.59 Å². The summed E-state index contributed by atoms with van der Waals surface area (Å²) in [6.45, 7) is 0.289. The molecule has 1 saturated carbocycles. The number of carboxylic acid groups (broad SMARTS) is 1. The highest BCUT2D eigenvalue weighted by atomic mass is 16.4. The van der Waals surface area contributed by atoms with Crippen LogP contribution in [0.3, 0.4) is 0 Å².